The first kappa shape index (κ1) is 21.9. The summed E-state index contributed by atoms with van der Waals surface area (Å²) in [6.45, 7) is 5.60. The largest absolute Gasteiger partial charge is 0.354 e. The SMILES string of the molecule is CN1CCN(c2ccc(-c3ccc4ncc5c(=O)[nH]c(=O)n(C6CCNCC6)c5c4n3)cn2)CC1. The Kier molecular flexibility index (Phi) is 5.54. The Labute approximate surface area is 201 Å². The minimum Gasteiger partial charge on any atom is -0.354 e. The van der Waals surface area contributed by atoms with E-state index in [0.717, 1.165) is 69.2 Å². The molecule has 2 aliphatic rings. The van der Waals surface area contributed by atoms with Crippen LogP contribution in [0.25, 0.3) is 33.2 Å². The summed E-state index contributed by atoms with van der Waals surface area (Å²) in [6.07, 6.45) is 5.00. The van der Waals surface area contributed by atoms with E-state index in [4.69, 9.17) is 9.97 Å². The maximum atomic E-state index is 13.0. The summed E-state index contributed by atoms with van der Waals surface area (Å²) in [4.78, 5) is 46.8. The van der Waals surface area contributed by atoms with Gasteiger partial charge in [-0.15, -0.1) is 0 Å². The van der Waals surface area contributed by atoms with E-state index >= 15 is 0 Å². The molecule has 0 bridgehead atoms. The second-order valence-corrected chi connectivity index (χ2v) is 9.39. The lowest BCUT2D eigenvalue weighted by atomic mass is 10.1. The van der Waals surface area contributed by atoms with Crippen molar-refractivity contribution in [1.82, 2.24) is 34.7 Å². The highest BCUT2D eigenvalue weighted by atomic mass is 16.2. The molecule has 10 nitrogen and oxygen atoms in total. The smallest absolute Gasteiger partial charge is 0.329 e. The number of H-pyrrole nitrogens is 1. The molecule has 2 fully saturated rings. The summed E-state index contributed by atoms with van der Waals surface area (Å²) < 4.78 is 1.72. The summed E-state index contributed by atoms with van der Waals surface area (Å²) in [5, 5.41) is 3.71. The first-order valence-electron chi connectivity index (χ1n) is 12.1. The molecule has 0 spiro atoms. The van der Waals surface area contributed by atoms with Crippen LogP contribution in [0.5, 0.6) is 0 Å². The molecule has 0 aliphatic carbocycles. The molecule has 6 heterocycles. The third-order valence-corrected chi connectivity index (χ3v) is 7.16. The zero-order chi connectivity index (χ0) is 23.9. The highest BCUT2D eigenvalue weighted by molar-refractivity contribution is 6.01. The number of nitrogens with zero attached hydrogens (tertiary/aromatic N) is 6. The van der Waals surface area contributed by atoms with Gasteiger partial charge in [-0.1, -0.05) is 0 Å². The predicted octanol–water partition coefficient (Wildman–Crippen LogP) is 1.37. The highest BCUT2D eigenvalue weighted by Crippen LogP contribution is 2.28. The average Bonchev–Trinajstić information content (AvgIpc) is 2.89. The van der Waals surface area contributed by atoms with Gasteiger partial charge in [0.05, 0.1) is 22.1 Å². The highest BCUT2D eigenvalue weighted by Gasteiger charge is 2.22. The number of pyridine rings is 3. The number of rotatable bonds is 3. The maximum Gasteiger partial charge on any atom is 0.329 e. The molecule has 0 unspecified atom stereocenters. The zero-order valence-corrected chi connectivity index (χ0v) is 19.7. The molecule has 2 aliphatic heterocycles. The molecule has 4 aromatic rings. The summed E-state index contributed by atoms with van der Waals surface area (Å²) in [5.41, 5.74) is 2.54. The van der Waals surface area contributed by atoms with Gasteiger partial charge >= 0.3 is 5.69 Å². The van der Waals surface area contributed by atoms with Crippen molar-refractivity contribution in [3.05, 3.63) is 57.5 Å². The number of nitrogens with one attached hydrogen (secondary N) is 2. The molecule has 6 rings (SSSR count). The van der Waals surface area contributed by atoms with E-state index in [1.54, 1.807) is 10.8 Å². The Bertz CT molecular complexity index is 1500. The Morgan fingerprint density at radius 3 is 2.49 bits per heavy atom. The lowest BCUT2D eigenvalue weighted by Crippen LogP contribution is -2.44. The van der Waals surface area contributed by atoms with Crippen LogP contribution in [0.4, 0.5) is 5.82 Å². The van der Waals surface area contributed by atoms with Gasteiger partial charge < -0.3 is 15.1 Å². The monoisotopic (exact) mass is 472 g/mol. The molecular weight excluding hydrogens is 444 g/mol. The van der Waals surface area contributed by atoms with Crippen molar-refractivity contribution < 1.29 is 0 Å². The van der Waals surface area contributed by atoms with E-state index < -0.39 is 11.2 Å². The summed E-state index contributed by atoms with van der Waals surface area (Å²) in [5.74, 6) is 0.959. The van der Waals surface area contributed by atoms with E-state index in [-0.39, 0.29) is 6.04 Å². The first-order chi connectivity index (χ1) is 17.1. The van der Waals surface area contributed by atoms with E-state index in [0.29, 0.717) is 21.9 Å². The van der Waals surface area contributed by atoms with Gasteiger partial charge in [0.15, 0.2) is 0 Å². The quantitative estimate of drug-likeness (QED) is 0.430. The van der Waals surface area contributed by atoms with Crippen LogP contribution in [0.1, 0.15) is 18.9 Å². The normalized spacial score (nSPS) is 17.9. The van der Waals surface area contributed by atoms with Crippen molar-refractivity contribution in [3.8, 4) is 11.3 Å². The number of hydrogen-bond acceptors (Lipinski definition) is 8. The van der Waals surface area contributed by atoms with E-state index in [2.05, 4.69) is 32.1 Å². The standard InChI is InChI=1S/C25H28N8O2/c1-31-10-12-32(13-11-31)21-5-2-16(14-28-21)19-3-4-20-22(29-19)23-18(15-27-20)24(34)30-25(35)33(23)17-6-8-26-9-7-17/h2-5,14-15,17,26H,6-13H2,1H3,(H,30,34,35). The van der Waals surface area contributed by atoms with Gasteiger partial charge in [-0.05, 0) is 57.2 Å². The summed E-state index contributed by atoms with van der Waals surface area (Å²) in [6, 6.07) is 7.85. The van der Waals surface area contributed by atoms with Crippen LogP contribution in [-0.4, -0.2) is 75.7 Å². The van der Waals surface area contributed by atoms with Crippen molar-refractivity contribution in [3.63, 3.8) is 0 Å². The number of piperidine rings is 1. The second-order valence-electron chi connectivity index (χ2n) is 9.39. The number of hydrogen-bond donors (Lipinski definition) is 2. The fourth-order valence-corrected chi connectivity index (χ4v) is 5.12. The third kappa shape index (κ3) is 3.98. The molecule has 0 atom stereocenters. The lowest BCUT2D eigenvalue weighted by molar-refractivity contribution is 0.312. The molecule has 0 radical (unpaired) electrons. The first-order valence-corrected chi connectivity index (χ1v) is 12.1. The molecule has 0 amide bonds. The molecule has 10 heteroatoms. The minimum absolute atomic E-state index is 0.0105. The molecule has 180 valence electrons. The van der Waals surface area contributed by atoms with Gasteiger partial charge in [0.1, 0.15) is 11.3 Å². The van der Waals surface area contributed by atoms with Crippen LogP contribution >= 0.6 is 0 Å². The second kappa shape index (κ2) is 8.86. The van der Waals surface area contributed by atoms with E-state index in [9.17, 15) is 9.59 Å². The number of piperazine rings is 1. The van der Waals surface area contributed by atoms with Crippen molar-refractivity contribution in [2.45, 2.75) is 18.9 Å². The minimum atomic E-state index is -0.435. The number of aromatic amines is 1. The van der Waals surface area contributed by atoms with Gasteiger partial charge in [0.2, 0.25) is 0 Å². The molecular formula is C25H28N8O2. The van der Waals surface area contributed by atoms with Crippen molar-refractivity contribution in [2.24, 2.45) is 0 Å². The van der Waals surface area contributed by atoms with Crippen LogP contribution in [0, 0.1) is 0 Å². The lowest BCUT2D eigenvalue weighted by Gasteiger charge is -2.33. The Hall–Kier alpha value is -3.63. The van der Waals surface area contributed by atoms with Crippen molar-refractivity contribution >= 4 is 27.8 Å². The van der Waals surface area contributed by atoms with Crippen LogP contribution < -0.4 is 21.5 Å². The van der Waals surface area contributed by atoms with Crippen LogP contribution in [0.3, 0.4) is 0 Å². The van der Waals surface area contributed by atoms with Crippen LogP contribution in [0.15, 0.2) is 46.2 Å². The van der Waals surface area contributed by atoms with E-state index in [1.165, 1.54) is 0 Å². The summed E-state index contributed by atoms with van der Waals surface area (Å²) in [7, 11) is 2.14. The molecule has 4 aromatic heterocycles. The van der Waals surface area contributed by atoms with Gasteiger partial charge in [-0.2, -0.15) is 0 Å². The molecule has 2 saturated heterocycles. The molecule has 0 saturated carbocycles. The van der Waals surface area contributed by atoms with Crippen LogP contribution in [-0.2, 0) is 0 Å². The fourth-order valence-electron chi connectivity index (χ4n) is 5.12. The van der Waals surface area contributed by atoms with Gasteiger partial charge in [0, 0.05) is 50.2 Å². The Morgan fingerprint density at radius 2 is 1.74 bits per heavy atom. The van der Waals surface area contributed by atoms with Gasteiger partial charge in [-0.25, -0.2) is 14.8 Å². The number of anilines is 1. The van der Waals surface area contributed by atoms with E-state index in [1.807, 2.05) is 30.5 Å². The molecule has 0 aromatic carbocycles. The topological polar surface area (TPSA) is 112 Å². The van der Waals surface area contributed by atoms with Crippen molar-refractivity contribution in [2.75, 3.05) is 51.2 Å². The molecule has 2 N–H and O–H groups in total. The van der Waals surface area contributed by atoms with Gasteiger partial charge in [-0.3, -0.25) is 19.3 Å². The third-order valence-electron chi connectivity index (χ3n) is 7.16. The summed E-state index contributed by atoms with van der Waals surface area (Å²) >= 11 is 0. The maximum absolute atomic E-state index is 13.0. The zero-order valence-electron chi connectivity index (χ0n) is 19.7. The number of fused-ring (bicyclic) bond motifs is 3. The Balaban J connectivity index is 1.46. The molecule has 35 heavy (non-hydrogen) atoms. The average molecular weight is 473 g/mol. The Morgan fingerprint density at radius 1 is 0.943 bits per heavy atom. The number of likely N-dealkylation sites (N-methyl/N-ethyl adjacent to an activating group) is 1. The van der Waals surface area contributed by atoms with Gasteiger partial charge in [0.25, 0.3) is 5.56 Å². The van der Waals surface area contributed by atoms with Crippen molar-refractivity contribution in [1.29, 1.82) is 0 Å². The predicted molar refractivity (Wildman–Crippen MR) is 136 cm³/mol. The number of aromatic nitrogens is 5. The van der Waals surface area contributed by atoms with Crippen LogP contribution in [0.2, 0.25) is 0 Å². The fraction of sp³-hybridized carbons (Fsp3) is 0.400.